The zero-order valence-electron chi connectivity index (χ0n) is 16.6. The van der Waals surface area contributed by atoms with E-state index in [9.17, 15) is 9.59 Å². The third-order valence-electron chi connectivity index (χ3n) is 5.21. The van der Waals surface area contributed by atoms with Gasteiger partial charge in [0, 0.05) is 12.1 Å². The van der Waals surface area contributed by atoms with Crippen LogP contribution in [0.2, 0.25) is 0 Å². The van der Waals surface area contributed by atoms with Crippen LogP contribution in [0.1, 0.15) is 47.6 Å². The molecule has 0 saturated carbocycles. The number of halogens is 1. The van der Waals surface area contributed by atoms with E-state index in [1.165, 1.54) is 12.8 Å². The quantitative estimate of drug-likeness (QED) is 0.618. The highest BCUT2D eigenvalue weighted by molar-refractivity contribution is 5.94. The average molecular weight is 416 g/mol. The summed E-state index contributed by atoms with van der Waals surface area (Å²) in [4.78, 5) is 25.1. The zero-order valence-corrected chi connectivity index (χ0v) is 17.4. The molecule has 1 fully saturated rings. The first-order valence-corrected chi connectivity index (χ1v) is 10.1. The molecule has 1 saturated heterocycles. The Bertz CT molecular complexity index is 749. The molecule has 0 aromatic heterocycles. The van der Waals surface area contributed by atoms with E-state index in [0.29, 0.717) is 18.0 Å². The highest BCUT2D eigenvalue weighted by Gasteiger charge is 2.19. The average Bonchev–Trinajstić information content (AvgIpc) is 2.75. The molecular weight excluding hydrogens is 386 g/mol. The van der Waals surface area contributed by atoms with Gasteiger partial charge in [-0.05, 0) is 56.0 Å². The Morgan fingerprint density at radius 3 is 2.38 bits per heavy atom. The van der Waals surface area contributed by atoms with E-state index >= 15 is 0 Å². The highest BCUT2D eigenvalue weighted by atomic mass is 35.5. The Kier molecular flexibility index (Phi) is 9.68. The van der Waals surface area contributed by atoms with Gasteiger partial charge in [-0.25, -0.2) is 0 Å². The molecule has 1 aliphatic rings. The Morgan fingerprint density at radius 1 is 1.03 bits per heavy atom. The maximum absolute atomic E-state index is 12.6. The van der Waals surface area contributed by atoms with E-state index in [4.69, 9.17) is 0 Å². The largest absolute Gasteiger partial charge is 0.356 e. The van der Waals surface area contributed by atoms with Gasteiger partial charge in [0.1, 0.15) is 0 Å². The monoisotopic (exact) mass is 415 g/mol. The molecule has 2 aromatic carbocycles. The Balaban J connectivity index is 0.00000300. The van der Waals surface area contributed by atoms with Crippen LogP contribution in [0.25, 0.3) is 0 Å². The fourth-order valence-corrected chi connectivity index (χ4v) is 3.61. The van der Waals surface area contributed by atoms with Gasteiger partial charge in [0.15, 0.2) is 0 Å². The molecule has 1 aliphatic heterocycles. The first kappa shape index (κ1) is 22.9. The second-order valence-electron chi connectivity index (χ2n) is 7.36. The molecule has 2 amide bonds. The second kappa shape index (κ2) is 12.2. The molecule has 2 unspecified atom stereocenters. The fourth-order valence-electron chi connectivity index (χ4n) is 3.61. The van der Waals surface area contributed by atoms with Crippen LogP contribution in [0.3, 0.4) is 0 Å². The van der Waals surface area contributed by atoms with E-state index in [-0.39, 0.29) is 36.7 Å². The summed E-state index contributed by atoms with van der Waals surface area (Å²) >= 11 is 0. The molecule has 3 rings (SSSR count). The van der Waals surface area contributed by atoms with Gasteiger partial charge in [-0.3, -0.25) is 9.59 Å². The van der Waals surface area contributed by atoms with Crippen molar-refractivity contribution in [2.45, 2.75) is 31.7 Å². The summed E-state index contributed by atoms with van der Waals surface area (Å²) in [7, 11) is 0. The SMILES string of the molecule is Cl.O=C(CC(NC(=O)c1ccccc1)c1ccccc1)NCCC1CCCNC1. The zero-order chi connectivity index (χ0) is 19.6. The maximum atomic E-state index is 12.6. The van der Waals surface area contributed by atoms with Crippen molar-refractivity contribution in [3.05, 3.63) is 71.8 Å². The van der Waals surface area contributed by atoms with Gasteiger partial charge in [-0.1, -0.05) is 48.5 Å². The van der Waals surface area contributed by atoms with Gasteiger partial charge in [-0.15, -0.1) is 12.4 Å². The molecule has 156 valence electrons. The minimum absolute atomic E-state index is 0. The van der Waals surface area contributed by atoms with E-state index in [2.05, 4.69) is 16.0 Å². The molecule has 0 radical (unpaired) electrons. The number of benzene rings is 2. The van der Waals surface area contributed by atoms with Crippen LogP contribution in [0, 0.1) is 5.92 Å². The molecule has 0 aliphatic carbocycles. The summed E-state index contributed by atoms with van der Waals surface area (Å²) in [5.41, 5.74) is 1.52. The van der Waals surface area contributed by atoms with Crippen LogP contribution < -0.4 is 16.0 Å². The fraction of sp³-hybridized carbons (Fsp3) is 0.391. The first-order chi connectivity index (χ1) is 13.7. The lowest BCUT2D eigenvalue weighted by Gasteiger charge is -2.23. The number of piperidine rings is 1. The van der Waals surface area contributed by atoms with Crippen LogP contribution >= 0.6 is 12.4 Å². The van der Waals surface area contributed by atoms with Gasteiger partial charge in [0.05, 0.1) is 12.5 Å². The van der Waals surface area contributed by atoms with E-state index in [0.717, 1.165) is 25.1 Å². The minimum atomic E-state index is -0.356. The summed E-state index contributed by atoms with van der Waals surface area (Å²) < 4.78 is 0. The van der Waals surface area contributed by atoms with Crippen molar-refractivity contribution < 1.29 is 9.59 Å². The van der Waals surface area contributed by atoms with Gasteiger partial charge in [-0.2, -0.15) is 0 Å². The molecule has 2 aromatic rings. The molecule has 6 heteroatoms. The molecule has 5 nitrogen and oxygen atoms in total. The second-order valence-corrected chi connectivity index (χ2v) is 7.36. The summed E-state index contributed by atoms with van der Waals surface area (Å²) in [5, 5.41) is 9.44. The highest BCUT2D eigenvalue weighted by Crippen LogP contribution is 2.18. The topological polar surface area (TPSA) is 70.2 Å². The van der Waals surface area contributed by atoms with Crippen LogP contribution in [0.4, 0.5) is 0 Å². The lowest BCUT2D eigenvalue weighted by Crippen LogP contribution is -2.36. The first-order valence-electron chi connectivity index (χ1n) is 10.1. The van der Waals surface area contributed by atoms with Crippen molar-refractivity contribution in [2.24, 2.45) is 5.92 Å². The number of nitrogens with one attached hydrogen (secondary N) is 3. The number of carbonyl (C=O) groups is 2. The molecule has 29 heavy (non-hydrogen) atoms. The Hall–Kier alpha value is -2.37. The Morgan fingerprint density at radius 2 is 1.72 bits per heavy atom. The number of hydrogen-bond acceptors (Lipinski definition) is 3. The van der Waals surface area contributed by atoms with E-state index in [1.807, 2.05) is 48.5 Å². The lowest BCUT2D eigenvalue weighted by atomic mass is 9.96. The molecule has 3 N–H and O–H groups in total. The predicted octanol–water partition coefficient (Wildman–Crippen LogP) is 3.48. The summed E-state index contributed by atoms with van der Waals surface area (Å²) in [6.45, 7) is 2.82. The summed E-state index contributed by atoms with van der Waals surface area (Å²) in [6, 6.07) is 18.4. The van der Waals surface area contributed by atoms with E-state index in [1.54, 1.807) is 12.1 Å². The molecule has 2 atom stereocenters. The van der Waals surface area contributed by atoms with Crippen LogP contribution in [0.15, 0.2) is 60.7 Å². The minimum Gasteiger partial charge on any atom is -0.356 e. The van der Waals surface area contributed by atoms with Crippen LogP contribution in [-0.4, -0.2) is 31.4 Å². The molecule has 0 spiro atoms. The third-order valence-corrected chi connectivity index (χ3v) is 5.21. The summed E-state index contributed by atoms with van der Waals surface area (Å²) in [5.74, 6) is 0.429. The van der Waals surface area contributed by atoms with Crippen molar-refractivity contribution in [3.8, 4) is 0 Å². The van der Waals surface area contributed by atoms with Crippen molar-refractivity contribution in [1.82, 2.24) is 16.0 Å². The van der Waals surface area contributed by atoms with Gasteiger partial charge in [0.2, 0.25) is 5.91 Å². The normalized spacial score (nSPS) is 16.9. The number of carbonyl (C=O) groups excluding carboxylic acids is 2. The van der Waals surface area contributed by atoms with Gasteiger partial charge >= 0.3 is 0 Å². The summed E-state index contributed by atoms with van der Waals surface area (Å²) in [6.07, 6.45) is 3.65. The van der Waals surface area contributed by atoms with Crippen molar-refractivity contribution in [1.29, 1.82) is 0 Å². The van der Waals surface area contributed by atoms with E-state index < -0.39 is 0 Å². The molecular formula is C23H30ClN3O2. The number of amides is 2. The van der Waals surface area contributed by atoms with Gasteiger partial charge in [0.25, 0.3) is 5.91 Å². The van der Waals surface area contributed by atoms with Crippen LogP contribution in [0.5, 0.6) is 0 Å². The smallest absolute Gasteiger partial charge is 0.251 e. The van der Waals surface area contributed by atoms with Gasteiger partial charge < -0.3 is 16.0 Å². The number of rotatable bonds is 8. The third kappa shape index (κ3) is 7.52. The van der Waals surface area contributed by atoms with Crippen molar-refractivity contribution in [3.63, 3.8) is 0 Å². The Labute approximate surface area is 179 Å². The number of hydrogen-bond donors (Lipinski definition) is 3. The molecule has 1 heterocycles. The lowest BCUT2D eigenvalue weighted by molar-refractivity contribution is -0.121. The maximum Gasteiger partial charge on any atom is 0.251 e. The van der Waals surface area contributed by atoms with Crippen molar-refractivity contribution >= 4 is 24.2 Å². The molecule has 0 bridgehead atoms. The standard InChI is InChI=1S/C23H29N3O2.ClH/c27-22(25-15-13-18-8-7-14-24-17-18)16-21(19-9-3-1-4-10-19)26-23(28)20-11-5-2-6-12-20;/h1-6,9-12,18,21,24H,7-8,13-17H2,(H,25,27)(H,26,28);1H. The van der Waals surface area contributed by atoms with Crippen molar-refractivity contribution in [2.75, 3.05) is 19.6 Å². The predicted molar refractivity (Wildman–Crippen MR) is 118 cm³/mol. The van der Waals surface area contributed by atoms with Crippen LogP contribution in [-0.2, 0) is 4.79 Å².